The highest BCUT2D eigenvalue weighted by atomic mass is 35.5. The zero-order chi connectivity index (χ0) is 45.5. The minimum atomic E-state index is -0.605. The van der Waals surface area contributed by atoms with Crippen LogP contribution < -0.4 is 20.1 Å². The summed E-state index contributed by atoms with van der Waals surface area (Å²) in [4.78, 5) is 37.2. The quantitative estimate of drug-likeness (QED) is 0.0721. The number of nitrogens with zero attached hydrogens (tertiary/aromatic N) is 8. The number of nitrogens with one attached hydrogen (secondary N) is 2. The number of benzene rings is 4. The molecule has 0 spiro atoms. The first-order valence-electron chi connectivity index (χ1n) is 21.1. The van der Waals surface area contributed by atoms with Crippen LogP contribution in [0.15, 0.2) is 99.8 Å². The van der Waals surface area contributed by atoms with Gasteiger partial charge in [-0.05, 0) is 74.5 Å². The fourth-order valence-electron chi connectivity index (χ4n) is 7.78. The number of aryl methyl sites for hydroxylation is 2. The summed E-state index contributed by atoms with van der Waals surface area (Å²) in [7, 11) is 4.87. The third kappa shape index (κ3) is 10.1. The topological polar surface area (TPSA) is 181 Å². The lowest BCUT2D eigenvalue weighted by atomic mass is 10.00. The number of rotatable bonds is 18. The largest absolute Gasteiger partial charge is 0.497 e. The lowest BCUT2D eigenvalue weighted by molar-refractivity contribution is -0.122. The number of hydrogen-bond acceptors (Lipinski definition) is 13. The van der Waals surface area contributed by atoms with Gasteiger partial charge in [0, 0.05) is 51.5 Å². The zero-order valence-electron chi connectivity index (χ0n) is 36.7. The normalized spacial score (nSPS) is 15.0. The summed E-state index contributed by atoms with van der Waals surface area (Å²) in [6, 6.07) is 26.1. The van der Waals surface area contributed by atoms with E-state index in [0.29, 0.717) is 78.5 Å². The van der Waals surface area contributed by atoms with Crippen molar-refractivity contribution in [2.75, 3.05) is 60.0 Å². The number of fused-ring (bicyclic) bond motifs is 6. The Balaban J connectivity index is 0.808. The highest BCUT2D eigenvalue weighted by Crippen LogP contribution is 2.36. The molecular formula is C47H49ClN10O6S. The molecule has 2 aliphatic rings. The van der Waals surface area contributed by atoms with Crippen LogP contribution in [-0.2, 0) is 19.1 Å². The van der Waals surface area contributed by atoms with Crippen LogP contribution in [-0.4, -0.2) is 113 Å². The maximum atomic E-state index is 13.3. The molecular weight excluding hydrogens is 868 g/mol. The second-order valence-electron chi connectivity index (χ2n) is 15.2. The van der Waals surface area contributed by atoms with Crippen LogP contribution in [0.3, 0.4) is 0 Å². The Hall–Kier alpha value is -6.40. The van der Waals surface area contributed by atoms with Crippen molar-refractivity contribution < 1.29 is 28.5 Å². The molecule has 336 valence electrons. The molecule has 2 unspecified atom stereocenters. The minimum Gasteiger partial charge on any atom is -0.497 e. The van der Waals surface area contributed by atoms with Crippen molar-refractivity contribution in [3.8, 4) is 22.9 Å². The van der Waals surface area contributed by atoms with E-state index in [1.165, 1.54) is 0 Å². The van der Waals surface area contributed by atoms with Crippen molar-refractivity contribution in [1.82, 2.24) is 40.2 Å². The van der Waals surface area contributed by atoms with Crippen LogP contribution in [0.1, 0.15) is 70.5 Å². The molecule has 2 N–H and O–H groups in total. The Morgan fingerprint density at radius 2 is 1.17 bits per heavy atom. The monoisotopic (exact) mass is 916 g/mol. The van der Waals surface area contributed by atoms with Gasteiger partial charge in [0.2, 0.25) is 11.8 Å². The summed E-state index contributed by atoms with van der Waals surface area (Å²) in [5, 5.41) is 23.9. The summed E-state index contributed by atoms with van der Waals surface area (Å²) < 4.78 is 26.7. The molecule has 2 aliphatic heterocycles. The average molecular weight is 917 g/mol. The molecule has 0 saturated carbocycles. The van der Waals surface area contributed by atoms with E-state index in [4.69, 9.17) is 40.5 Å². The van der Waals surface area contributed by atoms with Crippen LogP contribution in [0, 0.1) is 13.8 Å². The summed E-state index contributed by atoms with van der Waals surface area (Å²) in [6.07, 6.45) is 0.188. The molecule has 8 rings (SSSR count). The molecule has 0 aliphatic carbocycles. The van der Waals surface area contributed by atoms with Gasteiger partial charge in [-0.2, -0.15) is 0 Å². The van der Waals surface area contributed by atoms with Crippen molar-refractivity contribution in [2.24, 2.45) is 9.98 Å². The molecule has 0 fully saturated rings. The molecule has 65 heavy (non-hydrogen) atoms. The van der Waals surface area contributed by atoms with E-state index in [2.05, 4.69) is 43.2 Å². The Morgan fingerprint density at radius 1 is 0.662 bits per heavy atom. The Bertz CT molecular complexity index is 2740. The van der Waals surface area contributed by atoms with Crippen molar-refractivity contribution in [3.05, 3.63) is 136 Å². The lowest BCUT2D eigenvalue weighted by Gasteiger charge is -2.14. The second-order valence-corrected chi connectivity index (χ2v) is 16.8. The molecule has 2 aromatic heterocycles. The van der Waals surface area contributed by atoms with Gasteiger partial charge in [0.1, 0.15) is 35.2 Å². The lowest BCUT2D eigenvalue weighted by Crippen LogP contribution is -2.29. The molecule has 2 amide bonds. The number of aliphatic imine (C=N–C) groups is 2. The molecule has 16 nitrogen and oxygen atoms in total. The second kappa shape index (κ2) is 20.6. The summed E-state index contributed by atoms with van der Waals surface area (Å²) >= 11 is 7.92. The average Bonchev–Trinajstić information content (AvgIpc) is 3.83. The predicted octanol–water partition coefficient (Wildman–Crippen LogP) is 6.39. The van der Waals surface area contributed by atoms with Gasteiger partial charge in [-0.25, -0.2) is 0 Å². The van der Waals surface area contributed by atoms with Crippen LogP contribution in [0.4, 0.5) is 0 Å². The van der Waals surface area contributed by atoms with Gasteiger partial charge in [0.25, 0.3) is 0 Å². The standard InChI is InChI=1S/C47H49ClN10O6S/c1-28-53-55-46-38(26-42(59)49-3)51-45(37-25-34(62-5)13-17-41(37)57(28)46)31-8-14-35(15-9-31)65-23-22-64-21-20-63-19-18-50-43(60)27-39-47-56-54-29(2)58(47)40-16-12-33(61-4)24-36(40)44(52-39)30-6-10-32(48)11-7-30/h6-17,24-25,38-39H,18-23,26-27H2,1-5H3,(H,49,59)(H,50,60). The van der Waals surface area contributed by atoms with Crippen LogP contribution in [0.2, 0.25) is 5.02 Å². The zero-order valence-corrected chi connectivity index (χ0v) is 38.3. The molecule has 0 saturated heterocycles. The van der Waals surface area contributed by atoms with E-state index in [0.717, 1.165) is 50.0 Å². The number of amides is 2. The highest BCUT2D eigenvalue weighted by molar-refractivity contribution is 7.99. The van der Waals surface area contributed by atoms with Crippen LogP contribution >= 0.6 is 23.4 Å². The van der Waals surface area contributed by atoms with Crippen LogP contribution in [0.25, 0.3) is 11.4 Å². The molecule has 4 heterocycles. The number of methoxy groups -OCH3 is 2. The number of halogens is 1. The van der Waals surface area contributed by atoms with E-state index in [1.807, 2.05) is 95.8 Å². The number of hydrogen-bond donors (Lipinski definition) is 2. The smallest absolute Gasteiger partial charge is 0.222 e. The van der Waals surface area contributed by atoms with E-state index in [9.17, 15) is 9.59 Å². The van der Waals surface area contributed by atoms with Gasteiger partial charge >= 0.3 is 0 Å². The van der Waals surface area contributed by atoms with Gasteiger partial charge < -0.3 is 29.6 Å². The molecule has 2 atom stereocenters. The van der Waals surface area contributed by atoms with Crippen LogP contribution in [0.5, 0.6) is 11.5 Å². The van der Waals surface area contributed by atoms with Gasteiger partial charge in [-0.1, -0.05) is 35.9 Å². The first-order chi connectivity index (χ1) is 31.6. The number of carbonyl (C=O) groups is 2. The molecule has 6 aromatic rings. The number of aromatic nitrogens is 6. The summed E-state index contributed by atoms with van der Waals surface area (Å²) in [5.74, 6) is 4.35. The van der Waals surface area contributed by atoms with Crippen molar-refractivity contribution >= 4 is 46.6 Å². The fourth-order valence-corrected chi connectivity index (χ4v) is 8.67. The first kappa shape index (κ1) is 45.2. The molecule has 0 bridgehead atoms. The Morgan fingerprint density at radius 3 is 1.69 bits per heavy atom. The minimum absolute atomic E-state index is 0.0612. The van der Waals surface area contributed by atoms with Gasteiger partial charge in [-0.3, -0.25) is 28.7 Å². The third-order valence-corrected chi connectivity index (χ3v) is 12.2. The Labute approximate surface area is 385 Å². The van der Waals surface area contributed by atoms with E-state index >= 15 is 0 Å². The van der Waals surface area contributed by atoms with Gasteiger partial charge in [-0.15, -0.1) is 32.2 Å². The van der Waals surface area contributed by atoms with E-state index < -0.39 is 12.1 Å². The van der Waals surface area contributed by atoms with Crippen molar-refractivity contribution in [2.45, 2.75) is 43.7 Å². The summed E-state index contributed by atoms with van der Waals surface area (Å²) in [6.45, 7) is 5.77. The maximum Gasteiger partial charge on any atom is 0.222 e. The molecule has 0 radical (unpaired) electrons. The Kier molecular flexibility index (Phi) is 14.3. The molecule has 18 heteroatoms. The third-order valence-electron chi connectivity index (χ3n) is 11.0. The van der Waals surface area contributed by atoms with Gasteiger partial charge in [0.15, 0.2) is 11.6 Å². The molecule has 4 aromatic carbocycles. The van der Waals surface area contributed by atoms with E-state index in [-0.39, 0.29) is 24.7 Å². The fraction of sp³-hybridized carbons (Fsp3) is 0.319. The SMILES string of the molecule is CNC(=O)CC1N=C(c2ccc(SCCOCCOCCNC(=O)CC3N=C(c4ccc(Cl)cc4)c4cc(OC)ccc4-n4c(C)nnc43)cc2)c2cc(OC)ccc2-n2c(C)nnc21. The van der Waals surface area contributed by atoms with Crippen molar-refractivity contribution in [1.29, 1.82) is 0 Å². The highest BCUT2D eigenvalue weighted by Gasteiger charge is 2.32. The first-order valence-corrected chi connectivity index (χ1v) is 22.5. The predicted molar refractivity (Wildman–Crippen MR) is 249 cm³/mol. The number of carbonyl (C=O) groups excluding carboxylic acids is 2. The number of ether oxygens (including phenoxy) is 4. The van der Waals surface area contributed by atoms with E-state index in [1.54, 1.807) is 33.0 Å². The van der Waals surface area contributed by atoms with Crippen molar-refractivity contribution in [3.63, 3.8) is 0 Å². The summed E-state index contributed by atoms with van der Waals surface area (Å²) in [5.41, 5.74) is 6.59. The number of thioether (sulfide) groups is 1. The van der Waals surface area contributed by atoms with Gasteiger partial charge in [0.05, 0.1) is 76.3 Å². The maximum absolute atomic E-state index is 13.3.